The standard InChI is InChI=1S/C27H48N2O5/c1-8-28(9-2)15-10-11-21-17-29(18-21)25(30)34-22-12-14-27(19-33-27)24(23(22)31-7)26(5,6)32-16-13-20(3)4/h13,21-24H,8-12,14-19H2,1-7H3/t22-,23-,24-,27+/m1/s1. The maximum Gasteiger partial charge on any atom is 0.410 e. The Morgan fingerprint density at radius 1 is 1.24 bits per heavy atom. The van der Waals surface area contributed by atoms with Crippen LogP contribution in [-0.4, -0.2) is 92.4 Å². The maximum absolute atomic E-state index is 12.9. The zero-order valence-electron chi connectivity index (χ0n) is 22.6. The van der Waals surface area contributed by atoms with Crippen molar-refractivity contribution in [2.45, 2.75) is 90.6 Å². The number of hydrogen-bond donors (Lipinski definition) is 0. The third-order valence-corrected chi connectivity index (χ3v) is 8.05. The van der Waals surface area contributed by atoms with Gasteiger partial charge in [-0.05, 0) is 78.9 Å². The number of likely N-dealkylation sites (tertiary alicyclic amines) is 1. The van der Waals surface area contributed by atoms with Gasteiger partial charge in [0.2, 0.25) is 0 Å². The monoisotopic (exact) mass is 480 g/mol. The lowest BCUT2D eigenvalue weighted by atomic mass is 9.68. The summed E-state index contributed by atoms with van der Waals surface area (Å²) in [5.41, 5.74) is 0.527. The topological polar surface area (TPSA) is 63.8 Å². The fourth-order valence-electron chi connectivity index (χ4n) is 5.84. The molecule has 7 nitrogen and oxygen atoms in total. The number of epoxide rings is 1. The van der Waals surface area contributed by atoms with Gasteiger partial charge in [-0.2, -0.15) is 0 Å². The van der Waals surface area contributed by atoms with Crippen LogP contribution in [0.5, 0.6) is 0 Å². The van der Waals surface area contributed by atoms with Gasteiger partial charge in [-0.15, -0.1) is 0 Å². The number of nitrogens with zero attached hydrogens (tertiary/aromatic N) is 2. The number of ether oxygens (including phenoxy) is 4. The van der Waals surface area contributed by atoms with Gasteiger partial charge in [-0.25, -0.2) is 4.79 Å². The second-order valence-electron chi connectivity index (χ2n) is 11.1. The van der Waals surface area contributed by atoms with Crippen molar-refractivity contribution < 1.29 is 23.7 Å². The van der Waals surface area contributed by atoms with Crippen molar-refractivity contribution in [3.63, 3.8) is 0 Å². The zero-order chi connectivity index (χ0) is 24.9. The zero-order valence-corrected chi connectivity index (χ0v) is 22.6. The van der Waals surface area contributed by atoms with Crippen molar-refractivity contribution in [1.82, 2.24) is 9.80 Å². The average Bonchev–Trinajstić information content (AvgIpc) is 3.52. The summed E-state index contributed by atoms with van der Waals surface area (Å²) < 4.78 is 24.3. The van der Waals surface area contributed by atoms with E-state index in [4.69, 9.17) is 18.9 Å². The second-order valence-corrected chi connectivity index (χ2v) is 11.1. The molecule has 2 saturated heterocycles. The summed E-state index contributed by atoms with van der Waals surface area (Å²) in [4.78, 5) is 17.2. The number of methoxy groups -OCH3 is 1. The van der Waals surface area contributed by atoms with E-state index in [1.54, 1.807) is 7.11 Å². The number of amides is 1. The van der Waals surface area contributed by atoms with Gasteiger partial charge in [0.25, 0.3) is 0 Å². The molecule has 7 heteroatoms. The first kappa shape index (κ1) is 27.4. The lowest BCUT2D eigenvalue weighted by molar-refractivity contribution is -0.175. The molecule has 3 aliphatic rings. The van der Waals surface area contributed by atoms with Crippen LogP contribution in [0.2, 0.25) is 0 Å². The van der Waals surface area contributed by atoms with Gasteiger partial charge in [-0.3, -0.25) is 0 Å². The van der Waals surface area contributed by atoms with Crippen LogP contribution < -0.4 is 0 Å². The molecule has 0 aromatic carbocycles. The molecule has 1 amide bonds. The third kappa shape index (κ3) is 6.54. The predicted octanol–water partition coefficient (Wildman–Crippen LogP) is 4.50. The first-order valence-corrected chi connectivity index (χ1v) is 13.3. The Hall–Kier alpha value is -1.15. The summed E-state index contributed by atoms with van der Waals surface area (Å²) in [6.07, 6.45) is 5.32. The number of hydrogen-bond acceptors (Lipinski definition) is 6. The van der Waals surface area contributed by atoms with Crippen LogP contribution in [0.1, 0.15) is 67.2 Å². The van der Waals surface area contributed by atoms with Crippen LogP contribution in [0, 0.1) is 11.8 Å². The molecule has 3 rings (SSSR count). The largest absolute Gasteiger partial charge is 0.443 e. The first-order chi connectivity index (χ1) is 16.2. The molecular formula is C27H48N2O5. The average molecular weight is 481 g/mol. The van der Waals surface area contributed by atoms with Gasteiger partial charge in [0.1, 0.15) is 12.2 Å². The van der Waals surface area contributed by atoms with Crippen LogP contribution in [0.3, 0.4) is 0 Å². The Kier molecular flexibility index (Phi) is 9.46. The number of carbonyl (C=O) groups is 1. The van der Waals surface area contributed by atoms with Crippen LogP contribution in [-0.2, 0) is 18.9 Å². The maximum atomic E-state index is 12.9. The quantitative estimate of drug-likeness (QED) is 0.303. The Bertz CT molecular complexity index is 691. The van der Waals surface area contributed by atoms with Crippen LogP contribution >= 0.6 is 0 Å². The molecule has 2 aliphatic heterocycles. The van der Waals surface area contributed by atoms with Gasteiger partial charge in [0.05, 0.1) is 24.4 Å². The number of carbonyl (C=O) groups excluding carboxylic acids is 1. The molecule has 1 spiro atoms. The highest BCUT2D eigenvalue weighted by Crippen LogP contribution is 2.52. The van der Waals surface area contributed by atoms with E-state index in [-0.39, 0.29) is 29.8 Å². The molecule has 4 atom stereocenters. The van der Waals surface area contributed by atoms with E-state index in [9.17, 15) is 4.79 Å². The molecule has 2 heterocycles. The van der Waals surface area contributed by atoms with E-state index in [1.165, 1.54) is 18.4 Å². The van der Waals surface area contributed by atoms with Crippen LogP contribution in [0.25, 0.3) is 0 Å². The highest BCUT2D eigenvalue weighted by atomic mass is 16.6. The van der Waals surface area contributed by atoms with Crippen LogP contribution in [0.15, 0.2) is 11.6 Å². The van der Waals surface area contributed by atoms with E-state index < -0.39 is 5.60 Å². The molecule has 0 aromatic rings. The lowest BCUT2D eigenvalue weighted by Crippen LogP contribution is -2.59. The van der Waals surface area contributed by atoms with E-state index in [1.807, 2.05) is 4.90 Å². The first-order valence-electron chi connectivity index (χ1n) is 13.3. The second kappa shape index (κ2) is 11.7. The SMILES string of the molecule is CCN(CC)CCCC1CN(C(=O)O[C@@H]2CC[C@]3(CO3)[C@@H](C(C)(C)OCC=C(C)C)[C@@H]2OC)C1. The third-order valence-electron chi connectivity index (χ3n) is 8.05. The fourth-order valence-corrected chi connectivity index (χ4v) is 5.84. The van der Waals surface area contributed by atoms with Gasteiger partial charge in [0.15, 0.2) is 0 Å². The van der Waals surface area contributed by atoms with E-state index in [0.29, 0.717) is 12.5 Å². The number of rotatable bonds is 12. The van der Waals surface area contributed by atoms with Gasteiger partial charge in [0, 0.05) is 26.1 Å². The molecule has 0 radical (unpaired) electrons. The van der Waals surface area contributed by atoms with Crippen molar-refractivity contribution >= 4 is 6.09 Å². The normalized spacial score (nSPS) is 29.3. The van der Waals surface area contributed by atoms with Crippen molar-refractivity contribution in [3.05, 3.63) is 11.6 Å². The van der Waals surface area contributed by atoms with Crippen LogP contribution in [0.4, 0.5) is 4.79 Å². The molecule has 0 bridgehead atoms. The molecule has 196 valence electrons. The predicted molar refractivity (Wildman–Crippen MR) is 134 cm³/mol. The summed E-state index contributed by atoms with van der Waals surface area (Å²) in [6.45, 7) is 19.0. The van der Waals surface area contributed by atoms with Gasteiger partial charge < -0.3 is 28.7 Å². The lowest BCUT2D eigenvalue weighted by Gasteiger charge is -2.48. The van der Waals surface area contributed by atoms with E-state index >= 15 is 0 Å². The molecule has 0 N–H and O–H groups in total. The number of allylic oxidation sites excluding steroid dienone is 1. The molecule has 1 saturated carbocycles. The molecule has 3 fully saturated rings. The summed E-state index contributed by atoms with van der Waals surface area (Å²) in [5, 5.41) is 0. The van der Waals surface area contributed by atoms with Crippen molar-refractivity contribution in [1.29, 1.82) is 0 Å². The highest BCUT2D eigenvalue weighted by molar-refractivity contribution is 5.69. The Balaban J connectivity index is 1.53. The fraction of sp³-hybridized carbons (Fsp3) is 0.889. The minimum absolute atomic E-state index is 0.00803. The molecule has 1 aliphatic carbocycles. The molecule has 34 heavy (non-hydrogen) atoms. The van der Waals surface area contributed by atoms with Crippen molar-refractivity contribution in [3.8, 4) is 0 Å². The Labute approximate surface area is 207 Å². The Morgan fingerprint density at radius 2 is 1.91 bits per heavy atom. The van der Waals surface area contributed by atoms with E-state index in [2.05, 4.69) is 52.5 Å². The minimum atomic E-state index is -0.471. The summed E-state index contributed by atoms with van der Waals surface area (Å²) in [5.74, 6) is 0.581. The summed E-state index contributed by atoms with van der Waals surface area (Å²) in [6, 6.07) is 0. The van der Waals surface area contributed by atoms with Crippen molar-refractivity contribution in [2.24, 2.45) is 11.8 Å². The van der Waals surface area contributed by atoms with Gasteiger partial charge in [-0.1, -0.05) is 25.5 Å². The molecular weight excluding hydrogens is 432 g/mol. The summed E-state index contributed by atoms with van der Waals surface area (Å²) in [7, 11) is 1.71. The summed E-state index contributed by atoms with van der Waals surface area (Å²) >= 11 is 0. The highest BCUT2D eigenvalue weighted by Gasteiger charge is 2.64. The smallest absolute Gasteiger partial charge is 0.410 e. The van der Waals surface area contributed by atoms with Gasteiger partial charge >= 0.3 is 6.09 Å². The minimum Gasteiger partial charge on any atom is -0.443 e. The Morgan fingerprint density at radius 3 is 2.47 bits per heavy atom. The molecule has 0 aromatic heterocycles. The van der Waals surface area contributed by atoms with Crippen molar-refractivity contribution in [2.75, 3.05) is 53.0 Å². The van der Waals surface area contributed by atoms with E-state index in [0.717, 1.165) is 52.2 Å². The molecule has 0 unspecified atom stereocenters.